The van der Waals surface area contributed by atoms with Crippen molar-refractivity contribution < 1.29 is 4.79 Å². The van der Waals surface area contributed by atoms with Crippen molar-refractivity contribution in [3.63, 3.8) is 0 Å². The van der Waals surface area contributed by atoms with Gasteiger partial charge in [-0.25, -0.2) is 9.97 Å². The molecular weight excluding hydrogens is 222 g/mol. The van der Waals surface area contributed by atoms with E-state index in [0.717, 1.165) is 23.2 Å². The highest BCUT2D eigenvalue weighted by Gasteiger charge is 2.15. The van der Waals surface area contributed by atoms with Gasteiger partial charge in [0.15, 0.2) is 5.01 Å². The molecule has 1 aliphatic rings. The normalized spacial score (nSPS) is 15.0. The van der Waals surface area contributed by atoms with Crippen LogP contribution in [0.25, 0.3) is 10.3 Å². The van der Waals surface area contributed by atoms with Crippen molar-refractivity contribution >= 4 is 27.6 Å². The fourth-order valence-corrected chi connectivity index (χ4v) is 2.88. The Morgan fingerprint density at radius 2 is 2.12 bits per heavy atom. The van der Waals surface area contributed by atoms with Gasteiger partial charge < -0.3 is 5.73 Å². The number of rotatable bonds is 1. The van der Waals surface area contributed by atoms with Gasteiger partial charge in [0, 0.05) is 5.69 Å². The molecule has 0 unspecified atom stereocenters. The molecule has 3 rings (SSSR count). The summed E-state index contributed by atoms with van der Waals surface area (Å²) in [6.07, 6.45) is 4.52. The van der Waals surface area contributed by atoms with Gasteiger partial charge in [-0.2, -0.15) is 0 Å². The number of fused-ring (bicyclic) bond motifs is 2. The van der Waals surface area contributed by atoms with Crippen LogP contribution in [0.15, 0.2) is 6.07 Å². The molecule has 0 aromatic carbocycles. The largest absolute Gasteiger partial charge is 0.364 e. The fraction of sp³-hybridized carbons (Fsp3) is 0.364. The molecule has 2 aromatic rings. The molecule has 0 atom stereocenters. The third kappa shape index (κ3) is 1.48. The van der Waals surface area contributed by atoms with E-state index < -0.39 is 5.91 Å². The lowest BCUT2D eigenvalue weighted by Crippen LogP contribution is -2.09. The number of nitrogens with two attached hydrogens (primary N) is 1. The van der Waals surface area contributed by atoms with E-state index in [0.29, 0.717) is 5.01 Å². The van der Waals surface area contributed by atoms with Crippen LogP contribution in [0.4, 0.5) is 0 Å². The van der Waals surface area contributed by atoms with Crippen molar-refractivity contribution in [3.8, 4) is 0 Å². The highest BCUT2D eigenvalue weighted by atomic mass is 32.1. The predicted octanol–water partition coefficient (Wildman–Crippen LogP) is 1.67. The molecule has 5 heteroatoms. The van der Waals surface area contributed by atoms with Crippen molar-refractivity contribution in [1.82, 2.24) is 9.97 Å². The zero-order valence-corrected chi connectivity index (χ0v) is 9.51. The van der Waals surface area contributed by atoms with Gasteiger partial charge in [0.25, 0.3) is 5.91 Å². The van der Waals surface area contributed by atoms with Gasteiger partial charge in [-0.05, 0) is 37.3 Å². The Bertz CT molecular complexity index is 533. The molecule has 0 bridgehead atoms. The first-order valence-electron chi connectivity index (χ1n) is 5.33. The van der Waals surface area contributed by atoms with Gasteiger partial charge >= 0.3 is 0 Å². The van der Waals surface area contributed by atoms with Gasteiger partial charge in [0.2, 0.25) is 0 Å². The number of aryl methyl sites for hydroxylation is 2. The number of nitrogens with zero attached hydrogens (tertiary/aromatic N) is 2. The highest BCUT2D eigenvalue weighted by molar-refractivity contribution is 7.19. The average Bonchev–Trinajstić information content (AvgIpc) is 2.68. The number of carbonyl (C=O) groups excluding carboxylic acids is 1. The second-order valence-corrected chi connectivity index (χ2v) is 4.99. The third-order valence-electron chi connectivity index (χ3n) is 2.87. The molecule has 0 fully saturated rings. The number of hydrogen-bond acceptors (Lipinski definition) is 4. The van der Waals surface area contributed by atoms with Crippen LogP contribution in [0.3, 0.4) is 0 Å². The molecule has 82 valence electrons. The first-order chi connectivity index (χ1) is 7.74. The van der Waals surface area contributed by atoms with Gasteiger partial charge in [-0.1, -0.05) is 11.3 Å². The summed E-state index contributed by atoms with van der Waals surface area (Å²) in [5, 5.41) is 0.352. The van der Waals surface area contributed by atoms with Crippen LogP contribution in [0.1, 0.15) is 33.9 Å². The van der Waals surface area contributed by atoms with Crippen LogP contribution in [0.2, 0.25) is 0 Å². The van der Waals surface area contributed by atoms with Crippen LogP contribution in [-0.2, 0) is 12.8 Å². The van der Waals surface area contributed by atoms with Crippen molar-refractivity contribution in [1.29, 1.82) is 0 Å². The molecule has 2 N–H and O–H groups in total. The summed E-state index contributed by atoms with van der Waals surface area (Å²) in [4.78, 5) is 20.6. The monoisotopic (exact) mass is 233 g/mol. The Labute approximate surface area is 96.5 Å². The topological polar surface area (TPSA) is 68.9 Å². The Balaban J connectivity index is 2.20. The Kier molecular flexibility index (Phi) is 2.14. The Hall–Kier alpha value is -1.49. The predicted molar refractivity (Wildman–Crippen MR) is 62.6 cm³/mol. The van der Waals surface area contributed by atoms with E-state index in [1.54, 1.807) is 0 Å². The molecular formula is C11H11N3OS. The van der Waals surface area contributed by atoms with E-state index >= 15 is 0 Å². The summed E-state index contributed by atoms with van der Waals surface area (Å²) in [6.45, 7) is 0. The van der Waals surface area contributed by atoms with Gasteiger partial charge in [-0.3, -0.25) is 4.79 Å². The first-order valence-corrected chi connectivity index (χ1v) is 6.15. The maximum atomic E-state index is 11.0. The van der Waals surface area contributed by atoms with E-state index in [1.165, 1.54) is 35.4 Å². The maximum absolute atomic E-state index is 11.0. The first kappa shape index (κ1) is 9.72. The average molecular weight is 233 g/mol. The van der Waals surface area contributed by atoms with Crippen LogP contribution < -0.4 is 5.73 Å². The molecule has 16 heavy (non-hydrogen) atoms. The second kappa shape index (κ2) is 3.52. The van der Waals surface area contributed by atoms with Gasteiger partial charge in [-0.15, -0.1) is 0 Å². The summed E-state index contributed by atoms with van der Waals surface area (Å²) < 4.78 is 0. The van der Waals surface area contributed by atoms with Crippen LogP contribution >= 0.6 is 11.3 Å². The van der Waals surface area contributed by atoms with Crippen LogP contribution in [-0.4, -0.2) is 15.9 Å². The maximum Gasteiger partial charge on any atom is 0.277 e. The smallest absolute Gasteiger partial charge is 0.277 e. The van der Waals surface area contributed by atoms with Gasteiger partial charge in [0.1, 0.15) is 10.3 Å². The number of primary amides is 1. The number of carbonyl (C=O) groups is 1. The van der Waals surface area contributed by atoms with Gasteiger partial charge in [0.05, 0.1) is 0 Å². The van der Waals surface area contributed by atoms with Crippen LogP contribution in [0, 0.1) is 0 Å². The van der Waals surface area contributed by atoms with E-state index in [-0.39, 0.29) is 0 Å². The van der Waals surface area contributed by atoms with Crippen LogP contribution in [0.5, 0.6) is 0 Å². The SMILES string of the molecule is NC(=O)c1nc2cc3c(nc2s1)CCCC3. The van der Waals surface area contributed by atoms with E-state index in [9.17, 15) is 4.79 Å². The molecule has 0 aliphatic heterocycles. The summed E-state index contributed by atoms with van der Waals surface area (Å²) in [5.41, 5.74) is 8.46. The molecule has 1 amide bonds. The standard InChI is InChI=1S/C11H11N3OS/c12-9(15)11-14-8-5-6-3-1-2-4-7(6)13-10(8)16-11/h5H,1-4H2,(H2,12,15). The lowest BCUT2D eigenvalue weighted by atomic mass is 9.96. The van der Waals surface area contributed by atoms with Crippen molar-refractivity contribution in [2.75, 3.05) is 0 Å². The lowest BCUT2D eigenvalue weighted by Gasteiger charge is -2.13. The molecule has 2 aromatic heterocycles. The summed E-state index contributed by atoms with van der Waals surface area (Å²) in [6, 6.07) is 2.06. The van der Waals surface area contributed by atoms with E-state index in [1.807, 2.05) is 0 Å². The summed E-state index contributed by atoms with van der Waals surface area (Å²) in [7, 11) is 0. The second-order valence-electron chi connectivity index (χ2n) is 4.01. The van der Waals surface area contributed by atoms with Crippen molar-refractivity contribution in [2.24, 2.45) is 5.73 Å². The zero-order valence-electron chi connectivity index (χ0n) is 8.69. The van der Waals surface area contributed by atoms with Crippen molar-refractivity contribution in [2.45, 2.75) is 25.7 Å². The number of hydrogen-bond donors (Lipinski definition) is 1. The summed E-state index contributed by atoms with van der Waals surface area (Å²) in [5.74, 6) is -0.471. The molecule has 4 nitrogen and oxygen atoms in total. The van der Waals surface area contributed by atoms with E-state index in [2.05, 4.69) is 16.0 Å². The molecule has 0 spiro atoms. The number of aromatic nitrogens is 2. The lowest BCUT2D eigenvalue weighted by molar-refractivity contribution is 0.1000. The number of amides is 1. The Morgan fingerprint density at radius 3 is 2.94 bits per heavy atom. The summed E-state index contributed by atoms with van der Waals surface area (Å²) >= 11 is 1.28. The molecule has 0 radical (unpaired) electrons. The number of thiazole rings is 1. The van der Waals surface area contributed by atoms with E-state index in [4.69, 9.17) is 5.73 Å². The van der Waals surface area contributed by atoms with Crippen molar-refractivity contribution in [3.05, 3.63) is 22.3 Å². The molecule has 0 saturated carbocycles. The Morgan fingerprint density at radius 1 is 1.31 bits per heavy atom. The third-order valence-corrected chi connectivity index (χ3v) is 3.85. The molecule has 0 saturated heterocycles. The number of pyridine rings is 1. The fourth-order valence-electron chi connectivity index (χ4n) is 2.09. The minimum Gasteiger partial charge on any atom is -0.364 e. The highest BCUT2D eigenvalue weighted by Crippen LogP contribution is 2.26. The molecule has 1 aliphatic carbocycles. The quantitative estimate of drug-likeness (QED) is 0.814. The minimum atomic E-state index is -0.471. The zero-order chi connectivity index (χ0) is 11.1. The minimum absolute atomic E-state index is 0.352. The molecule has 2 heterocycles.